The van der Waals surface area contributed by atoms with Crippen LogP contribution in [-0.2, 0) is 4.79 Å². The average molecular weight is 336 g/mol. The zero-order valence-corrected chi connectivity index (χ0v) is 14.8. The molecule has 2 aromatic carbocycles. The standard InChI is InChI=1S/C21H24N2O2/c1-4-11-20(24)23(17(3)19-14-9-6-10-15-19)21(25)22-16(2)18-12-7-5-8-13-18/h4-17H,1-3H3,(H,22,25)/b11-4+/t16-,17-/m0/s1. The lowest BCUT2D eigenvalue weighted by Gasteiger charge is -2.28. The summed E-state index contributed by atoms with van der Waals surface area (Å²) in [5.74, 6) is -0.336. The molecule has 2 atom stereocenters. The van der Waals surface area contributed by atoms with Crippen molar-refractivity contribution in [3.05, 3.63) is 83.9 Å². The number of imide groups is 1. The fraction of sp³-hybridized carbons (Fsp3) is 0.238. The molecule has 0 aromatic heterocycles. The van der Waals surface area contributed by atoms with Crippen molar-refractivity contribution >= 4 is 11.9 Å². The Morgan fingerprint density at radius 1 is 0.920 bits per heavy atom. The van der Waals surface area contributed by atoms with Crippen molar-refractivity contribution in [1.82, 2.24) is 10.2 Å². The van der Waals surface area contributed by atoms with Crippen molar-refractivity contribution in [3.8, 4) is 0 Å². The Labute approximate surface area is 149 Å². The maximum absolute atomic E-state index is 12.8. The number of nitrogens with zero attached hydrogens (tertiary/aromatic N) is 1. The number of allylic oxidation sites excluding steroid dienone is 1. The van der Waals surface area contributed by atoms with Gasteiger partial charge in [0.15, 0.2) is 0 Å². The Morgan fingerprint density at radius 3 is 1.96 bits per heavy atom. The second kappa shape index (κ2) is 8.83. The Balaban J connectivity index is 2.23. The summed E-state index contributed by atoms with van der Waals surface area (Å²) in [6, 6.07) is 18.2. The summed E-state index contributed by atoms with van der Waals surface area (Å²) in [6.45, 7) is 5.51. The Kier molecular flexibility index (Phi) is 6.52. The van der Waals surface area contributed by atoms with Gasteiger partial charge in [-0.25, -0.2) is 4.79 Å². The monoisotopic (exact) mass is 336 g/mol. The number of nitrogens with one attached hydrogen (secondary N) is 1. The van der Waals surface area contributed by atoms with Crippen molar-refractivity contribution in [3.63, 3.8) is 0 Å². The van der Waals surface area contributed by atoms with Crippen LogP contribution >= 0.6 is 0 Å². The smallest absolute Gasteiger partial charge is 0.325 e. The van der Waals surface area contributed by atoms with Gasteiger partial charge in [-0.3, -0.25) is 9.69 Å². The Hall–Kier alpha value is -2.88. The van der Waals surface area contributed by atoms with E-state index in [-0.39, 0.29) is 18.0 Å². The number of carbonyl (C=O) groups is 2. The van der Waals surface area contributed by atoms with Crippen LogP contribution in [0.5, 0.6) is 0 Å². The SMILES string of the molecule is C/C=C/C(=O)N(C(=O)N[C@@H](C)c1ccccc1)[C@@H](C)c1ccccc1. The molecule has 4 heteroatoms. The summed E-state index contributed by atoms with van der Waals surface area (Å²) < 4.78 is 0. The van der Waals surface area contributed by atoms with Crippen molar-refractivity contribution in [2.45, 2.75) is 32.9 Å². The minimum atomic E-state index is -0.407. The molecular weight excluding hydrogens is 312 g/mol. The lowest BCUT2D eigenvalue weighted by atomic mass is 10.1. The van der Waals surface area contributed by atoms with Crippen LogP contribution in [0.2, 0.25) is 0 Å². The van der Waals surface area contributed by atoms with Gasteiger partial charge in [0, 0.05) is 0 Å². The van der Waals surface area contributed by atoms with Gasteiger partial charge in [-0.05, 0) is 38.0 Å². The first-order valence-corrected chi connectivity index (χ1v) is 8.41. The lowest BCUT2D eigenvalue weighted by Crippen LogP contribution is -2.45. The number of rotatable bonds is 5. The highest BCUT2D eigenvalue weighted by molar-refractivity contribution is 6.00. The molecule has 0 aliphatic carbocycles. The van der Waals surface area contributed by atoms with E-state index in [1.807, 2.05) is 74.5 Å². The van der Waals surface area contributed by atoms with Crippen molar-refractivity contribution < 1.29 is 9.59 Å². The van der Waals surface area contributed by atoms with E-state index in [0.717, 1.165) is 11.1 Å². The molecule has 4 nitrogen and oxygen atoms in total. The highest BCUT2D eigenvalue weighted by atomic mass is 16.2. The van der Waals surface area contributed by atoms with E-state index < -0.39 is 6.03 Å². The summed E-state index contributed by atoms with van der Waals surface area (Å²) in [4.78, 5) is 26.6. The fourth-order valence-electron chi connectivity index (χ4n) is 2.65. The van der Waals surface area contributed by atoms with E-state index in [2.05, 4.69) is 5.32 Å². The number of carbonyl (C=O) groups excluding carboxylic acids is 2. The third kappa shape index (κ3) is 4.80. The minimum absolute atomic E-state index is 0.197. The average Bonchev–Trinajstić information content (AvgIpc) is 2.63. The third-order valence-corrected chi connectivity index (χ3v) is 4.07. The fourth-order valence-corrected chi connectivity index (χ4v) is 2.65. The van der Waals surface area contributed by atoms with E-state index in [1.54, 1.807) is 13.0 Å². The van der Waals surface area contributed by atoms with Gasteiger partial charge in [0.25, 0.3) is 5.91 Å². The van der Waals surface area contributed by atoms with E-state index >= 15 is 0 Å². The highest BCUT2D eigenvalue weighted by Crippen LogP contribution is 2.22. The molecule has 130 valence electrons. The topological polar surface area (TPSA) is 49.4 Å². The second-order valence-corrected chi connectivity index (χ2v) is 5.88. The van der Waals surface area contributed by atoms with Crippen LogP contribution in [0, 0.1) is 0 Å². The molecule has 0 saturated heterocycles. The zero-order chi connectivity index (χ0) is 18.2. The van der Waals surface area contributed by atoms with Crippen LogP contribution in [-0.4, -0.2) is 16.8 Å². The lowest BCUT2D eigenvalue weighted by molar-refractivity contribution is -0.124. The van der Waals surface area contributed by atoms with Crippen LogP contribution in [0.15, 0.2) is 72.8 Å². The van der Waals surface area contributed by atoms with Gasteiger partial charge in [-0.1, -0.05) is 66.7 Å². The molecule has 25 heavy (non-hydrogen) atoms. The quantitative estimate of drug-likeness (QED) is 0.810. The van der Waals surface area contributed by atoms with Crippen molar-refractivity contribution in [1.29, 1.82) is 0 Å². The molecule has 2 aromatic rings. The Bertz CT molecular complexity index is 726. The van der Waals surface area contributed by atoms with Gasteiger partial charge in [0.2, 0.25) is 0 Å². The van der Waals surface area contributed by atoms with Gasteiger partial charge < -0.3 is 5.32 Å². The molecule has 0 bridgehead atoms. The summed E-state index contributed by atoms with van der Waals surface area (Å²) >= 11 is 0. The van der Waals surface area contributed by atoms with Crippen LogP contribution in [0.25, 0.3) is 0 Å². The minimum Gasteiger partial charge on any atom is -0.331 e. The summed E-state index contributed by atoms with van der Waals surface area (Å²) in [5, 5.41) is 2.92. The van der Waals surface area contributed by atoms with Crippen LogP contribution < -0.4 is 5.32 Å². The van der Waals surface area contributed by atoms with E-state index in [9.17, 15) is 9.59 Å². The number of amides is 3. The maximum Gasteiger partial charge on any atom is 0.325 e. The normalized spacial score (nSPS) is 13.2. The summed E-state index contributed by atoms with van der Waals surface area (Å²) in [7, 11) is 0. The number of urea groups is 1. The molecule has 0 heterocycles. The molecule has 0 fully saturated rings. The molecule has 0 unspecified atom stereocenters. The summed E-state index contributed by atoms with van der Waals surface area (Å²) in [5.41, 5.74) is 1.89. The molecule has 0 spiro atoms. The van der Waals surface area contributed by atoms with Crippen molar-refractivity contribution in [2.24, 2.45) is 0 Å². The first kappa shape index (κ1) is 18.5. The number of hydrogen-bond acceptors (Lipinski definition) is 2. The van der Waals surface area contributed by atoms with Gasteiger partial charge in [0.05, 0.1) is 12.1 Å². The molecule has 0 saturated carbocycles. The van der Waals surface area contributed by atoms with Gasteiger partial charge in [-0.15, -0.1) is 0 Å². The van der Waals surface area contributed by atoms with E-state index in [4.69, 9.17) is 0 Å². The van der Waals surface area contributed by atoms with Gasteiger partial charge >= 0.3 is 6.03 Å². The first-order valence-electron chi connectivity index (χ1n) is 8.41. The molecule has 1 N–H and O–H groups in total. The Morgan fingerprint density at radius 2 is 1.44 bits per heavy atom. The van der Waals surface area contributed by atoms with Crippen molar-refractivity contribution in [2.75, 3.05) is 0 Å². The molecule has 2 rings (SSSR count). The predicted octanol–water partition coefficient (Wildman–Crippen LogP) is 4.62. The van der Waals surface area contributed by atoms with Crippen LogP contribution in [0.4, 0.5) is 4.79 Å². The molecule has 3 amide bonds. The zero-order valence-electron chi connectivity index (χ0n) is 14.8. The number of benzene rings is 2. The summed E-state index contributed by atoms with van der Waals surface area (Å²) in [6.07, 6.45) is 3.05. The number of hydrogen-bond donors (Lipinski definition) is 1. The molecule has 0 aliphatic rings. The molecule has 0 aliphatic heterocycles. The highest BCUT2D eigenvalue weighted by Gasteiger charge is 2.27. The first-order chi connectivity index (χ1) is 12.0. The van der Waals surface area contributed by atoms with E-state index in [1.165, 1.54) is 11.0 Å². The largest absolute Gasteiger partial charge is 0.331 e. The molecule has 0 radical (unpaired) electrons. The predicted molar refractivity (Wildman–Crippen MR) is 99.9 cm³/mol. The molecular formula is C21H24N2O2. The van der Waals surface area contributed by atoms with Crippen LogP contribution in [0.3, 0.4) is 0 Å². The van der Waals surface area contributed by atoms with Gasteiger partial charge in [0.1, 0.15) is 0 Å². The van der Waals surface area contributed by atoms with E-state index in [0.29, 0.717) is 0 Å². The second-order valence-electron chi connectivity index (χ2n) is 5.88. The van der Waals surface area contributed by atoms with Gasteiger partial charge in [-0.2, -0.15) is 0 Å². The third-order valence-electron chi connectivity index (χ3n) is 4.07. The van der Waals surface area contributed by atoms with Crippen LogP contribution in [0.1, 0.15) is 44.0 Å². The maximum atomic E-state index is 12.8.